The molecule has 10 nitrogen and oxygen atoms in total. The number of rotatable bonds is 11. The van der Waals surface area contributed by atoms with Crippen LogP contribution in [0.5, 0.6) is 0 Å². The third-order valence-electron chi connectivity index (χ3n) is 7.70. The highest BCUT2D eigenvalue weighted by molar-refractivity contribution is 6.31. The second-order valence-electron chi connectivity index (χ2n) is 14.1. The minimum Gasteiger partial charge on any atom is -0.444 e. The van der Waals surface area contributed by atoms with E-state index in [-0.39, 0.29) is 11.1 Å². The van der Waals surface area contributed by atoms with Crippen molar-refractivity contribution in [3.63, 3.8) is 0 Å². The predicted molar refractivity (Wildman–Crippen MR) is 191 cm³/mol. The number of aromatic amines is 1. The highest BCUT2D eigenvalue weighted by Crippen LogP contribution is 2.31. The van der Waals surface area contributed by atoms with Crippen molar-refractivity contribution in [2.45, 2.75) is 98.3 Å². The molecule has 2 heterocycles. The number of ether oxygens (including phenoxy) is 2. The highest BCUT2D eigenvalue weighted by atomic mass is 35.5. The van der Waals surface area contributed by atoms with Gasteiger partial charge in [0.05, 0.1) is 22.4 Å². The van der Waals surface area contributed by atoms with Gasteiger partial charge in [-0.25, -0.2) is 18.8 Å². The number of benzene rings is 2. The van der Waals surface area contributed by atoms with Gasteiger partial charge in [-0.1, -0.05) is 37.1 Å². The minimum atomic E-state index is -0.700. The lowest BCUT2D eigenvalue weighted by atomic mass is 10.0. The standard InChI is InChI=1S/C37H47ClFN5O5/c1-9-10-12-24-19-28(31(39)29(38)20-24)30-21-26-22-44(33(45)42-32(26)41-30)27-15-13-25(14-16-27)23(2)43(35(47)49-37(6,7)8)18-11-17-40-34(46)48-36(3,4)5/h13-16,19-23H,9-12,17-18H2,1-8H3,(H,40,46)(H,41,42,45)/t23-/m0/s1. The maximum Gasteiger partial charge on any atom is 0.410 e. The topological polar surface area (TPSA) is 119 Å². The van der Waals surface area contributed by atoms with E-state index in [1.54, 1.807) is 83.0 Å². The molecule has 0 spiro atoms. The van der Waals surface area contributed by atoms with E-state index in [4.69, 9.17) is 21.1 Å². The average molecular weight is 696 g/mol. The lowest BCUT2D eigenvalue weighted by Gasteiger charge is -2.32. The summed E-state index contributed by atoms with van der Waals surface area (Å²) < 4.78 is 27.5. The Morgan fingerprint density at radius 3 is 2.35 bits per heavy atom. The van der Waals surface area contributed by atoms with Crippen LogP contribution >= 0.6 is 11.6 Å². The summed E-state index contributed by atoms with van der Waals surface area (Å²) in [7, 11) is 0. The van der Waals surface area contributed by atoms with E-state index in [2.05, 4.69) is 22.2 Å². The van der Waals surface area contributed by atoms with E-state index in [0.29, 0.717) is 47.5 Å². The molecule has 2 aromatic heterocycles. The summed E-state index contributed by atoms with van der Waals surface area (Å²) in [5, 5.41) is 3.40. The molecule has 0 aliphatic carbocycles. The predicted octanol–water partition coefficient (Wildman–Crippen LogP) is 8.73. The third kappa shape index (κ3) is 10.1. The summed E-state index contributed by atoms with van der Waals surface area (Å²) in [5.74, 6) is -0.534. The van der Waals surface area contributed by atoms with Crippen molar-refractivity contribution in [3.8, 4) is 16.9 Å². The molecule has 4 rings (SSSR count). The Hall–Kier alpha value is -4.38. The van der Waals surface area contributed by atoms with Crippen molar-refractivity contribution in [3.05, 3.63) is 81.1 Å². The van der Waals surface area contributed by atoms with E-state index in [1.807, 2.05) is 19.1 Å². The molecule has 0 saturated carbocycles. The molecule has 0 fully saturated rings. The number of hydrogen-bond acceptors (Lipinski definition) is 6. The summed E-state index contributed by atoms with van der Waals surface area (Å²) >= 11 is 6.23. The van der Waals surface area contributed by atoms with E-state index in [1.165, 1.54) is 4.57 Å². The third-order valence-corrected chi connectivity index (χ3v) is 7.97. The quantitative estimate of drug-likeness (QED) is 0.152. The molecule has 2 N–H and O–H groups in total. The Kier molecular flexibility index (Phi) is 11.8. The Labute approximate surface area is 292 Å². The highest BCUT2D eigenvalue weighted by Gasteiger charge is 2.27. The summed E-state index contributed by atoms with van der Waals surface area (Å²) in [5.41, 5.74) is 1.64. The van der Waals surface area contributed by atoms with Crippen LogP contribution in [0.3, 0.4) is 0 Å². The van der Waals surface area contributed by atoms with Crippen LogP contribution in [-0.4, -0.2) is 55.9 Å². The summed E-state index contributed by atoms with van der Waals surface area (Å²) in [6.45, 7) is 15.4. The summed E-state index contributed by atoms with van der Waals surface area (Å²) in [6, 6.07) is 12.1. The molecule has 2 amide bonds. The van der Waals surface area contributed by atoms with Crippen LogP contribution in [0.4, 0.5) is 14.0 Å². The number of carbonyl (C=O) groups is 2. The normalized spacial score (nSPS) is 12.5. The van der Waals surface area contributed by atoms with Crippen molar-refractivity contribution in [2.24, 2.45) is 0 Å². The van der Waals surface area contributed by atoms with Crippen LogP contribution in [0, 0.1) is 5.82 Å². The monoisotopic (exact) mass is 695 g/mol. The van der Waals surface area contributed by atoms with Crippen molar-refractivity contribution >= 4 is 34.8 Å². The maximum absolute atomic E-state index is 15.1. The molecule has 49 heavy (non-hydrogen) atoms. The SMILES string of the molecule is CCCCc1cc(Cl)c(F)c(-c2cc3cn(-c4ccc([C@H](C)N(CCCNC(=O)OC(C)(C)C)C(=O)OC(C)(C)C)cc4)c(=O)nc3[nH]2)c1. The Balaban J connectivity index is 1.55. The Bertz CT molecular complexity index is 1840. The molecule has 2 aromatic carbocycles. The number of unbranched alkanes of at least 4 members (excludes halogenated alkanes) is 1. The largest absolute Gasteiger partial charge is 0.444 e. The number of amides is 2. The second-order valence-corrected chi connectivity index (χ2v) is 14.6. The zero-order valence-electron chi connectivity index (χ0n) is 29.6. The number of aryl methyl sites for hydroxylation is 1. The first-order chi connectivity index (χ1) is 23.0. The fourth-order valence-corrected chi connectivity index (χ4v) is 5.54. The average Bonchev–Trinajstić information content (AvgIpc) is 3.41. The molecule has 264 valence electrons. The minimum absolute atomic E-state index is 0.0480. The zero-order valence-corrected chi connectivity index (χ0v) is 30.3. The van der Waals surface area contributed by atoms with Gasteiger partial charge in [-0.2, -0.15) is 4.98 Å². The van der Waals surface area contributed by atoms with Crippen LogP contribution in [0.2, 0.25) is 5.02 Å². The number of nitrogens with one attached hydrogen (secondary N) is 2. The number of nitrogens with zero attached hydrogens (tertiary/aromatic N) is 3. The van der Waals surface area contributed by atoms with Gasteiger partial charge in [0.25, 0.3) is 0 Å². The number of H-pyrrole nitrogens is 1. The van der Waals surface area contributed by atoms with Gasteiger partial charge in [0.15, 0.2) is 5.82 Å². The first-order valence-corrected chi connectivity index (χ1v) is 17.0. The van der Waals surface area contributed by atoms with Crippen LogP contribution in [0.25, 0.3) is 28.0 Å². The van der Waals surface area contributed by atoms with Gasteiger partial charge < -0.3 is 24.7 Å². The summed E-state index contributed by atoms with van der Waals surface area (Å²) in [4.78, 5) is 47.4. The van der Waals surface area contributed by atoms with Gasteiger partial charge in [-0.15, -0.1) is 0 Å². The molecule has 0 aliphatic rings. The first kappa shape index (κ1) is 37.4. The number of halogens is 2. The van der Waals surface area contributed by atoms with E-state index < -0.39 is 34.9 Å². The van der Waals surface area contributed by atoms with Gasteiger partial charge in [0, 0.05) is 30.2 Å². The maximum atomic E-state index is 15.1. The van der Waals surface area contributed by atoms with Crippen molar-refractivity contribution < 1.29 is 23.5 Å². The van der Waals surface area contributed by atoms with Crippen molar-refractivity contribution in [2.75, 3.05) is 13.1 Å². The number of hydrogen-bond donors (Lipinski definition) is 2. The number of carbonyl (C=O) groups excluding carboxylic acids is 2. The van der Waals surface area contributed by atoms with Crippen LogP contribution < -0.4 is 11.0 Å². The molecule has 0 unspecified atom stereocenters. The Morgan fingerprint density at radius 2 is 1.71 bits per heavy atom. The van der Waals surface area contributed by atoms with E-state index in [0.717, 1.165) is 30.4 Å². The van der Waals surface area contributed by atoms with Gasteiger partial charge in [0.2, 0.25) is 0 Å². The Morgan fingerprint density at radius 1 is 1.04 bits per heavy atom. The molecule has 0 saturated heterocycles. The molecule has 4 aromatic rings. The molecule has 0 radical (unpaired) electrons. The number of aromatic nitrogens is 3. The van der Waals surface area contributed by atoms with Gasteiger partial charge in [-0.05, 0) is 109 Å². The lowest BCUT2D eigenvalue weighted by Crippen LogP contribution is -2.40. The second kappa shape index (κ2) is 15.4. The van der Waals surface area contributed by atoms with Crippen LogP contribution in [-0.2, 0) is 15.9 Å². The number of fused-ring (bicyclic) bond motifs is 1. The molecule has 0 bridgehead atoms. The molecule has 1 atom stereocenters. The van der Waals surface area contributed by atoms with Gasteiger partial charge in [-0.3, -0.25) is 4.57 Å². The molecular weight excluding hydrogens is 649 g/mol. The van der Waals surface area contributed by atoms with E-state index >= 15 is 4.39 Å². The van der Waals surface area contributed by atoms with E-state index in [9.17, 15) is 14.4 Å². The zero-order chi connectivity index (χ0) is 36.1. The smallest absolute Gasteiger partial charge is 0.410 e. The lowest BCUT2D eigenvalue weighted by molar-refractivity contribution is 0.0171. The fourth-order valence-electron chi connectivity index (χ4n) is 5.30. The molecule has 0 aliphatic heterocycles. The number of alkyl carbamates (subject to hydrolysis) is 1. The molecule has 12 heteroatoms. The van der Waals surface area contributed by atoms with Gasteiger partial charge in [0.1, 0.15) is 16.8 Å². The molecular formula is C37H47ClFN5O5. The van der Waals surface area contributed by atoms with Crippen molar-refractivity contribution in [1.82, 2.24) is 24.8 Å². The van der Waals surface area contributed by atoms with Gasteiger partial charge >= 0.3 is 17.9 Å². The fraction of sp³-hybridized carbons (Fsp3) is 0.459. The summed E-state index contributed by atoms with van der Waals surface area (Å²) in [6.07, 6.45) is 3.87. The van der Waals surface area contributed by atoms with Crippen LogP contribution in [0.15, 0.2) is 53.5 Å². The van der Waals surface area contributed by atoms with Crippen LogP contribution in [0.1, 0.15) is 91.8 Å². The first-order valence-electron chi connectivity index (χ1n) is 16.6. The van der Waals surface area contributed by atoms with Crippen molar-refractivity contribution in [1.29, 1.82) is 0 Å².